The van der Waals surface area contributed by atoms with Crippen LogP contribution in [-0.2, 0) is 9.63 Å². The highest BCUT2D eigenvalue weighted by molar-refractivity contribution is 6.28. The van der Waals surface area contributed by atoms with Crippen molar-refractivity contribution in [2.24, 2.45) is 10.6 Å². The second kappa shape index (κ2) is 10.1. The number of carbonyl (C=O) groups excluding carboxylic acids is 1. The SMILES string of the molecule is CCN(CC)c1ccc(/C=C/C2=CC(=C=C3C(=O)ON=C3c3ccccc3)CC(C)(C)C2)cc1. The van der Waals surface area contributed by atoms with Crippen LogP contribution in [0.5, 0.6) is 0 Å². The molecule has 1 aliphatic carbocycles. The minimum atomic E-state index is -0.450. The molecule has 0 saturated carbocycles. The number of carbonyl (C=O) groups is 1. The van der Waals surface area contributed by atoms with Gasteiger partial charge >= 0.3 is 5.97 Å². The summed E-state index contributed by atoms with van der Waals surface area (Å²) < 4.78 is 0. The molecule has 2 aromatic rings. The van der Waals surface area contributed by atoms with Gasteiger partial charge in [-0.3, -0.25) is 0 Å². The summed E-state index contributed by atoms with van der Waals surface area (Å²) >= 11 is 0. The maximum absolute atomic E-state index is 12.4. The lowest BCUT2D eigenvalue weighted by Crippen LogP contribution is -2.21. The third kappa shape index (κ3) is 5.47. The van der Waals surface area contributed by atoms with E-state index in [1.807, 2.05) is 30.3 Å². The van der Waals surface area contributed by atoms with Crippen LogP contribution in [-0.4, -0.2) is 24.8 Å². The number of hydrogen-bond donors (Lipinski definition) is 0. The maximum Gasteiger partial charge on any atom is 0.375 e. The molecule has 34 heavy (non-hydrogen) atoms. The third-order valence-corrected chi connectivity index (χ3v) is 6.22. The van der Waals surface area contributed by atoms with Gasteiger partial charge in [0.2, 0.25) is 0 Å². The molecule has 0 atom stereocenters. The number of oxime groups is 1. The van der Waals surface area contributed by atoms with Crippen molar-refractivity contribution in [2.75, 3.05) is 18.0 Å². The highest BCUT2D eigenvalue weighted by Gasteiger charge is 2.29. The lowest BCUT2D eigenvalue weighted by atomic mass is 9.75. The van der Waals surface area contributed by atoms with Crippen molar-refractivity contribution in [1.82, 2.24) is 0 Å². The van der Waals surface area contributed by atoms with Crippen molar-refractivity contribution in [3.05, 3.63) is 100 Å². The van der Waals surface area contributed by atoms with Gasteiger partial charge in [-0.05, 0) is 67.0 Å². The van der Waals surface area contributed by atoms with Crippen LogP contribution in [0.2, 0.25) is 0 Å². The number of nitrogens with zero attached hydrogens (tertiary/aromatic N) is 2. The molecule has 0 amide bonds. The van der Waals surface area contributed by atoms with Crippen molar-refractivity contribution in [1.29, 1.82) is 0 Å². The van der Waals surface area contributed by atoms with Crippen LogP contribution >= 0.6 is 0 Å². The van der Waals surface area contributed by atoms with E-state index in [1.165, 1.54) is 16.8 Å². The molecule has 0 aromatic heterocycles. The number of rotatable bonds is 6. The van der Waals surface area contributed by atoms with Gasteiger partial charge in [0.25, 0.3) is 0 Å². The van der Waals surface area contributed by atoms with E-state index in [1.54, 1.807) is 0 Å². The molecule has 1 heterocycles. The van der Waals surface area contributed by atoms with Crippen molar-refractivity contribution >= 4 is 23.4 Å². The fourth-order valence-electron chi connectivity index (χ4n) is 4.57. The molecule has 2 aromatic carbocycles. The van der Waals surface area contributed by atoms with Gasteiger partial charge in [-0.1, -0.05) is 79.4 Å². The van der Waals surface area contributed by atoms with E-state index in [2.05, 4.69) is 86.0 Å². The topological polar surface area (TPSA) is 41.9 Å². The van der Waals surface area contributed by atoms with Crippen LogP contribution < -0.4 is 4.90 Å². The van der Waals surface area contributed by atoms with E-state index >= 15 is 0 Å². The fourth-order valence-corrected chi connectivity index (χ4v) is 4.57. The molecule has 0 unspecified atom stereocenters. The van der Waals surface area contributed by atoms with Crippen LogP contribution in [0.1, 0.15) is 51.7 Å². The fraction of sp³-hybridized carbons (Fsp3) is 0.300. The lowest BCUT2D eigenvalue weighted by Gasteiger charge is -2.29. The number of hydrogen-bond acceptors (Lipinski definition) is 4. The largest absolute Gasteiger partial charge is 0.375 e. The molecule has 0 saturated heterocycles. The monoisotopic (exact) mass is 452 g/mol. The smallest absolute Gasteiger partial charge is 0.372 e. The number of allylic oxidation sites excluding steroid dienone is 3. The molecule has 4 rings (SSSR count). The Labute approximate surface area is 202 Å². The Morgan fingerprint density at radius 3 is 2.38 bits per heavy atom. The van der Waals surface area contributed by atoms with E-state index in [0.717, 1.165) is 37.1 Å². The summed E-state index contributed by atoms with van der Waals surface area (Å²) in [5, 5.41) is 4.01. The Hall–Kier alpha value is -3.62. The van der Waals surface area contributed by atoms with Gasteiger partial charge in [-0.2, -0.15) is 0 Å². The molecule has 4 heteroatoms. The zero-order chi connectivity index (χ0) is 24.1. The normalized spacial score (nSPS) is 17.4. The van der Waals surface area contributed by atoms with Crippen molar-refractivity contribution in [3.8, 4) is 0 Å². The molecule has 4 nitrogen and oxygen atoms in total. The minimum absolute atomic E-state index is 0.0660. The van der Waals surface area contributed by atoms with Crippen molar-refractivity contribution < 1.29 is 9.63 Å². The summed E-state index contributed by atoms with van der Waals surface area (Å²) in [5.41, 5.74) is 9.82. The summed E-state index contributed by atoms with van der Waals surface area (Å²) in [4.78, 5) is 19.8. The van der Waals surface area contributed by atoms with E-state index < -0.39 is 5.97 Å². The first-order valence-electron chi connectivity index (χ1n) is 12.0. The van der Waals surface area contributed by atoms with E-state index in [-0.39, 0.29) is 5.41 Å². The Morgan fingerprint density at radius 1 is 1.00 bits per heavy atom. The van der Waals surface area contributed by atoms with Gasteiger partial charge in [-0.15, -0.1) is 0 Å². The van der Waals surface area contributed by atoms with Gasteiger partial charge in [0.05, 0.1) is 0 Å². The second-order valence-corrected chi connectivity index (χ2v) is 9.54. The Bertz CT molecular complexity index is 1200. The van der Waals surface area contributed by atoms with Crippen LogP contribution in [0.4, 0.5) is 5.69 Å². The molecule has 174 valence electrons. The number of benzene rings is 2. The van der Waals surface area contributed by atoms with Gasteiger partial charge in [0.1, 0.15) is 11.3 Å². The quantitative estimate of drug-likeness (QED) is 0.278. The summed E-state index contributed by atoms with van der Waals surface area (Å²) in [6.45, 7) is 10.9. The van der Waals surface area contributed by atoms with Crippen molar-refractivity contribution in [3.63, 3.8) is 0 Å². The second-order valence-electron chi connectivity index (χ2n) is 9.54. The van der Waals surface area contributed by atoms with Gasteiger partial charge in [-0.25, -0.2) is 4.79 Å². The first kappa shape index (κ1) is 23.5. The zero-order valence-corrected chi connectivity index (χ0v) is 20.5. The van der Waals surface area contributed by atoms with Crippen LogP contribution in [0.15, 0.2) is 94.4 Å². The van der Waals surface area contributed by atoms with E-state index in [9.17, 15) is 4.79 Å². The first-order valence-corrected chi connectivity index (χ1v) is 12.0. The molecule has 0 N–H and O–H groups in total. The molecular weight excluding hydrogens is 420 g/mol. The predicted molar refractivity (Wildman–Crippen MR) is 140 cm³/mol. The lowest BCUT2D eigenvalue weighted by molar-refractivity contribution is -0.136. The Kier molecular flexibility index (Phi) is 7.00. The van der Waals surface area contributed by atoms with Crippen LogP contribution in [0.3, 0.4) is 0 Å². The summed E-state index contributed by atoms with van der Waals surface area (Å²) in [5.74, 6) is -0.450. The highest BCUT2D eigenvalue weighted by Crippen LogP contribution is 2.38. The third-order valence-electron chi connectivity index (χ3n) is 6.22. The summed E-state index contributed by atoms with van der Waals surface area (Å²) in [6.07, 6.45) is 8.28. The first-order chi connectivity index (χ1) is 16.4. The molecule has 2 aliphatic rings. The van der Waals surface area contributed by atoms with Crippen LogP contribution in [0.25, 0.3) is 6.08 Å². The summed E-state index contributed by atoms with van der Waals surface area (Å²) in [6, 6.07) is 18.3. The molecular formula is C30H32N2O2. The Morgan fingerprint density at radius 2 is 1.71 bits per heavy atom. The molecule has 0 bridgehead atoms. The molecule has 0 spiro atoms. The van der Waals surface area contributed by atoms with E-state index in [0.29, 0.717) is 11.3 Å². The predicted octanol–water partition coefficient (Wildman–Crippen LogP) is 6.71. The molecule has 1 aliphatic heterocycles. The van der Waals surface area contributed by atoms with Crippen LogP contribution in [0, 0.1) is 5.41 Å². The minimum Gasteiger partial charge on any atom is -0.372 e. The Balaban J connectivity index is 1.64. The van der Waals surface area contributed by atoms with Gasteiger partial charge < -0.3 is 9.74 Å². The standard InChI is InChI=1S/C30H32N2O2/c1-5-32(6-2)26-16-14-22(15-17-26)12-13-23-18-24(21-30(3,4)20-23)19-27-28(31-34-29(27)33)25-10-8-7-9-11-25/h7-18H,5-6,20-21H2,1-4H3/b13-12+. The molecule has 0 fully saturated rings. The highest BCUT2D eigenvalue weighted by atomic mass is 16.7. The van der Waals surface area contributed by atoms with Gasteiger partial charge in [0, 0.05) is 24.3 Å². The summed E-state index contributed by atoms with van der Waals surface area (Å²) in [7, 11) is 0. The molecule has 0 radical (unpaired) electrons. The zero-order valence-electron chi connectivity index (χ0n) is 20.5. The average Bonchev–Trinajstić information content (AvgIpc) is 3.19. The maximum atomic E-state index is 12.4. The van der Waals surface area contributed by atoms with Gasteiger partial charge in [0.15, 0.2) is 0 Å². The van der Waals surface area contributed by atoms with E-state index in [4.69, 9.17) is 4.84 Å². The van der Waals surface area contributed by atoms with Crippen molar-refractivity contribution in [2.45, 2.75) is 40.5 Å². The average molecular weight is 453 g/mol. The number of anilines is 1.